The van der Waals surface area contributed by atoms with Gasteiger partial charge in [-0.3, -0.25) is 0 Å². The maximum atomic E-state index is 13.1. The van der Waals surface area contributed by atoms with Crippen molar-refractivity contribution in [1.82, 2.24) is 9.97 Å². The molecule has 2 heterocycles. The molecule has 0 spiro atoms. The summed E-state index contributed by atoms with van der Waals surface area (Å²) < 4.78 is 44.5. The molecular weight excluding hydrogens is 307 g/mol. The summed E-state index contributed by atoms with van der Waals surface area (Å²) in [6.07, 6.45) is -2.68. The van der Waals surface area contributed by atoms with Crippen LogP contribution < -0.4 is 9.64 Å². The maximum absolute atomic E-state index is 13.1. The molecule has 0 radical (unpaired) electrons. The second-order valence-corrected chi connectivity index (χ2v) is 5.92. The fourth-order valence-corrected chi connectivity index (χ4v) is 2.81. The van der Waals surface area contributed by atoms with Gasteiger partial charge >= 0.3 is 6.18 Å². The number of ether oxygens (including phenoxy) is 1. The van der Waals surface area contributed by atoms with Crippen molar-refractivity contribution in [3.63, 3.8) is 0 Å². The molecule has 2 aromatic rings. The predicted molar refractivity (Wildman–Crippen MR) is 81.7 cm³/mol. The second kappa shape index (κ2) is 5.86. The molecule has 124 valence electrons. The molecule has 0 unspecified atom stereocenters. The molecule has 1 aromatic heterocycles. The fourth-order valence-electron chi connectivity index (χ4n) is 2.81. The summed E-state index contributed by atoms with van der Waals surface area (Å²) in [7, 11) is 1.47. The van der Waals surface area contributed by atoms with Crippen molar-refractivity contribution in [2.45, 2.75) is 25.9 Å². The number of benzene rings is 1. The normalized spacial score (nSPS) is 16.8. The first kappa shape index (κ1) is 15.8. The molecule has 0 saturated carbocycles. The number of hydrogen-bond donors (Lipinski definition) is 0. The van der Waals surface area contributed by atoms with E-state index >= 15 is 0 Å². The van der Waals surface area contributed by atoms with Crippen LogP contribution in [-0.2, 0) is 6.18 Å². The molecule has 0 bridgehead atoms. The standard InChI is InChI=1S/C16H18F3N3O/c1-10-5-7-22(8-6-10)14-12-4-3-11(23-2)9-13(12)20-15(21-14)16(17,18)19/h3-4,9-10H,5-8H2,1-2H3. The maximum Gasteiger partial charge on any atom is 0.451 e. The van der Waals surface area contributed by atoms with Crippen LogP contribution in [-0.4, -0.2) is 30.2 Å². The van der Waals surface area contributed by atoms with Gasteiger partial charge in [-0.25, -0.2) is 9.97 Å². The first-order valence-electron chi connectivity index (χ1n) is 7.56. The van der Waals surface area contributed by atoms with Gasteiger partial charge in [0.25, 0.3) is 0 Å². The highest BCUT2D eigenvalue weighted by Crippen LogP contribution is 2.34. The van der Waals surface area contributed by atoms with Gasteiger partial charge in [-0.05, 0) is 30.9 Å². The molecule has 0 N–H and O–H groups in total. The Morgan fingerprint density at radius 2 is 1.87 bits per heavy atom. The van der Waals surface area contributed by atoms with E-state index in [1.165, 1.54) is 13.2 Å². The van der Waals surface area contributed by atoms with Gasteiger partial charge in [0.05, 0.1) is 12.6 Å². The van der Waals surface area contributed by atoms with Crippen LogP contribution in [0.5, 0.6) is 5.75 Å². The van der Waals surface area contributed by atoms with Crippen molar-refractivity contribution in [2.75, 3.05) is 25.1 Å². The topological polar surface area (TPSA) is 38.2 Å². The highest BCUT2D eigenvalue weighted by molar-refractivity contribution is 5.90. The molecule has 1 aliphatic heterocycles. The number of alkyl halides is 3. The minimum atomic E-state index is -4.57. The van der Waals surface area contributed by atoms with Crippen LogP contribution >= 0.6 is 0 Å². The minimum absolute atomic E-state index is 0.250. The Hall–Kier alpha value is -2.05. The van der Waals surface area contributed by atoms with Crippen LogP contribution in [0.15, 0.2) is 18.2 Å². The van der Waals surface area contributed by atoms with Gasteiger partial charge in [0, 0.05) is 24.5 Å². The van der Waals surface area contributed by atoms with Crippen molar-refractivity contribution >= 4 is 16.7 Å². The van der Waals surface area contributed by atoms with E-state index < -0.39 is 12.0 Å². The molecular formula is C16H18F3N3O. The van der Waals surface area contributed by atoms with Crippen LogP contribution in [0.3, 0.4) is 0 Å². The van der Waals surface area contributed by atoms with Crippen LogP contribution in [0.25, 0.3) is 10.9 Å². The van der Waals surface area contributed by atoms with E-state index in [0.29, 0.717) is 36.0 Å². The van der Waals surface area contributed by atoms with Crippen molar-refractivity contribution in [2.24, 2.45) is 5.92 Å². The van der Waals surface area contributed by atoms with Gasteiger partial charge in [-0.2, -0.15) is 13.2 Å². The Bertz CT molecular complexity index is 710. The third kappa shape index (κ3) is 3.18. The summed E-state index contributed by atoms with van der Waals surface area (Å²) >= 11 is 0. The van der Waals surface area contributed by atoms with E-state index in [1.54, 1.807) is 12.1 Å². The summed E-state index contributed by atoms with van der Waals surface area (Å²) in [5, 5.41) is 0.619. The van der Waals surface area contributed by atoms with Crippen LogP contribution in [0.2, 0.25) is 0 Å². The van der Waals surface area contributed by atoms with Gasteiger partial charge < -0.3 is 9.64 Å². The van der Waals surface area contributed by atoms with Crippen LogP contribution in [0, 0.1) is 5.92 Å². The average Bonchev–Trinajstić information content (AvgIpc) is 2.53. The number of anilines is 1. The largest absolute Gasteiger partial charge is 0.497 e. The lowest BCUT2D eigenvalue weighted by atomic mass is 9.99. The van der Waals surface area contributed by atoms with Crippen molar-refractivity contribution in [3.8, 4) is 5.75 Å². The summed E-state index contributed by atoms with van der Waals surface area (Å²) in [5.41, 5.74) is 0.250. The van der Waals surface area contributed by atoms with Gasteiger partial charge in [0.2, 0.25) is 5.82 Å². The fraction of sp³-hybridized carbons (Fsp3) is 0.500. The number of hydrogen-bond acceptors (Lipinski definition) is 4. The number of fused-ring (bicyclic) bond motifs is 1. The van der Waals surface area contributed by atoms with E-state index in [0.717, 1.165) is 12.8 Å². The Morgan fingerprint density at radius 1 is 1.17 bits per heavy atom. The molecule has 7 heteroatoms. The van der Waals surface area contributed by atoms with E-state index in [2.05, 4.69) is 16.9 Å². The molecule has 0 atom stereocenters. The zero-order valence-corrected chi connectivity index (χ0v) is 13.0. The molecule has 1 fully saturated rings. The number of halogens is 3. The van der Waals surface area contributed by atoms with E-state index in [9.17, 15) is 13.2 Å². The number of rotatable bonds is 2. The van der Waals surface area contributed by atoms with Gasteiger partial charge in [0.1, 0.15) is 11.6 Å². The van der Waals surface area contributed by atoms with Crippen molar-refractivity contribution in [1.29, 1.82) is 0 Å². The Labute approximate surface area is 132 Å². The lowest BCUT2D eigenvalue weighted by Crippen LogP contribution is -2.34. The first-order valence-corrected chi connectivity index (χ1v) is 7.56. The molecule has 1 aromatic carbocycles. The average molecular weight is 325 g/mol. The third-order valence-corrected chi connectivity index (χ3v) is 4.22. The van der Waals surface area contributed by atoms with Gasteiger partial charge in [0.15, 0.2) is 0 Å². The van der Waals surface area contributed by atoms with E-state index in [1.807, 2.05) is 4.90 Å². The lowest BCUT2D eigenvalue weighted by Gasteiger charge is -2.32. The first-order chi connectivity index (χ1) is 10.9. The number of methoxy groups -OCH3 is 1. The SMILES string of the molecule is COc1ccc2c(N3CCC(C)CC3)nc(C(F)(F)F)nc2c1. The highest BCUT2D eigenvalue weighted by atomic mass is 19.4. The quantitative estimate of drug-likeness (QED) is 0.839. The zero-order chi connectivity index (χ0) is 16.6. The molecule has 23 heavy (non-hydrogen) atoms. The number of aromatic nitrogens is 2. The van der Waals surface area contributed by atoms with E-state index in [-0.39, 0.29) is 5.52 Å². The minimum Gasteiger partial charge on any atom is -0.497 e. The Morgan fingerprint density at radius 3 is 2.48 bits per heavy atom. The van der Waals surface area contributed by atoms with E-state index in [4.69, 9.17) is 4.74 Å². The Kier molecular flexibility index (Phi) is 4.04. The summed E-state index contributed by atoms with van der Waals surface area (Å²) in [4.78, 5) is 9.43. The molecule has 1 aliphatic rings. The summed E-state index contributed by atoms with van der Waals surface area (Å²) in [6, 6.07) is 4.96. The zero-order valence-electron chi connectivity index (χ0n) is 13.0. The lowest BCUT2D eigenvalue weighted by molar-refractivity contribution is -0.144. The van der Waals surface area contributed by atoms with Gasteiger partial charge in [-0.15, -0.1) is 0 Å². The number of nitrogens with zero attached hydrogens (tertiary/aromatic N) is 3. The van der Waals surface area contributed by atoms with Gasteiger partial charge in [-0.1, -0.05) is 6.92 Å². The third-order valence-electron chi connectivity index (χ3n) is 4.22. The summed E-state index contributed by atoms with van der Waals surface area (Å²) in [5.74, 6) is 0.313. The van der Waals surface area contributed by atoms with Crippen molar-refractivity contribution < 1.29 is 17.9 Å². The molecule has 3 rings (SSSR count). The molecule has 0 aliphatic carbocycles. The summed E-state index contributed by atoms with van der Waals surface area (Å²) in [6.45, 7) is 3.56. The molecule has 1 saturated heterocycles. The Balaban J connectivity index is 2.13. The monoisotopic (exact) mass is 325 g/mol. The van der Waals surface area contributed by atoms with Crippen LogP contribution in [0.4, 0.5) is 19.0 Å². The molecule has 4 nitrogen and oxygen atoms in total. The predicted octanol–water partition coefficient (Wildman–Crippen LogP) is 3.89. The highest BCUT2D eigenvalue weighted by Gasteiger charge is 2.36. The van der Waals surface area contributed by atoms with Crippen molar-refractivity contribution in [3.05, 3.63) is 24.0 Å². The molecule has 0 amide bonds. The van der Waals surface area contributed by atoms with Crippen LogP contribution in [0.1, 0.15) is 25.6 Å². The smallest absolute Gasteiger partial charge is 0.451 e. The second-order valence-electron chi connectivity index (χ2n) is 5.92. The number of piperidine rings is 1.